The highest BCUT2D eigenvalue weighted by Gasteiger charge is 2.39. The summed E-state index contributed by atoms with van der Waals surface area (Å²) in [6, 6.07) is 0.477. The zero-order valence-corrected chi connectivity index (χ0v) is 11.3. The number of hydrogen-bond acceptors (Lipinski definition) is 2. The van der Waals surface area contributed by atoms with Gasteiger partial charge >= 0.3 is 6.18 Å². The molecule has 0 spiro atoms. The van der Waals surface area contributed by atoms with Crippen LogP contribution in [0, 0.1) is 0 Å². The lowest BCUT2D eigenvalue weighted by Gasteiger charge is -2.27. The van der Waals surface area contributed by atoms with E-state index in [-0.39, 0.29) is 6.54 Å². The lowest BCUT2D eigenvalue weighted by molar-refractivity contribution is -0.130. The van der Waals surface area contributed by atoms with Gasteiger partial charge in [0.25, 0.3) is 0 Å². The molecule has 0 aromatic heterocycles. The molecule has 0 aromatic carbocycles. The first-order valence-corrected chi connectivity index (χ1v) is 7.05. The molecule has 2 saturated heterocycles. The maximum Gasteiger partial charge on any atom is 0.402 e. The summed E-state index contributed by atoms with van der Waals surface area (Å²) in [4.78, 5) is 2.99. The van der Waals surface area contributed by atoms with E-state index >= 15 is 0 Å². The summed E-state index contributed by atoms with van der Waals surface area (Å²) in [5, 5.41) is 0. The van der Waals surface area contributed by atoms with Crippen LogP contribution < -0.4 is 0 Å². The van der Waals surface area contributed by atoms with Crippen LogP contribution >= 0.6 is 15.9 Å². The van der Waals surface area contributed by atoms with E-state index in [1.807, 2.05) is 4.90 Å². The van der Waals surface area contributed by atoms with Crippen LogP contribution in [0.2, 0.25) is 0 Å². The van der Waals surface area contributed by atoms with Crippen molar-refractivity contribution in [2.75, 3.05) is 32.7 Å². The molecular formula is C11H18BrF3N2. The molecule has 0 amide bonds. The first-order valence-electron chi connectivity index (χ1n) is 6.14. The van der Waals surface area contributed by atoms with Gasteiger partial charge in [0.2, 0.25) is 0 Å². The van der Waals surface area contributed by atoms with Crippen LogP contribution in [0.4, 0.5) is 13.2 Å². The summed E-state index contributed by atoms with van der Waals surface area (Å²) in [7, 11) is 0. The Labute approximate surface area is 108 Å². The molecule has 0 radical (unpaired) electrons. The lowest BCUT2D eigenvalue weighted by atomic mass is 10.2. The van der Waals surface area contributed by atoms with Crippen LogP contribution in [0.1, 0.15) is 19.3 Å². The van der Waals surface area contributed by atoms with Crippen LogP contribution in [0.5, 0.6) is 0 Å². The first kappa shape index (κ1) is 13.6. The van der Waals surface area contributed by atoms with E-state index in [0.29, 0.717) is 6.04 Å². The van der Waals surface area contributed by atoms with Crippen LogP contribution in [-0.2, 0) is 0 Å². The van der Waals surface area contributed by atoms with E-state index in [1.165, 1.54) is 6.42 Å². The molecule has 2 aliphatic heterocycles. The molecule has 2 unspecified atom stereocenters. The Hall–Kier alpha value is 0.190. The van der Waals surface area contributed by atoms with Gasteiger partial charge in [-0.05, 0) is 38.9 Å². The number of fused-ring (bicyclic) bond motifs is 1. The monoisotopic (exact) mass is 314 g/mol. The average molecular weight is 315 g/mol. The van der Waals surface area contributed by atoms with Crippen molar-refractivity contribution in [2.24, 2.45) is 0 Å². The lowest BCUT2D eigenvalue weighted by Crippen LogP contribution is -2.42. The van der Waals surface area contributed by atoms with Gasteiger partial charge in [0.05, 0.1) is 0 Å². The van der Waals surface area contributed by atoms with Gasteiger partial charge in [-0.25, -0.2) is 0 Å². The minimum Gasteiger partial charge on any atom is -0.300 e. The Morgan fingerprint density at radius 1 is 1.18 bits per heavy atom. The second-order valence-corrected chi connectivity index (χ2v) is 6.06. The third-order valence-corrected chi connectivity index (χ3v) is 4.47. The van der Waals surface area contributed by atoms with Gasteiger partial charge in [0, 0.05) is 19.1 Å². The van der Waals surface area contributed by atoms with Crippen molar-refractivity contribution < 1.29 is 13.2 Å². The Kier molecular flexibility index (Phi) is 4.36. The fraction of sp³-hybridized carbons (Fsp3) is 1.00. The van der Waals surface area contributed by atoms with Crippen molar-refractivity contribution in [1.82, 2.24) is 9.80 Å². The number of alkyl halides is 4. The van der Waals surface area contributed by atoms with E-state index in [2.05, 4.69) is 20.8 Å². The van der Waals surface area contributed by atoms with E-state index in [4.69, 9.17) is 0 Å². The van der Waals surface area contributed by atoms with Gasteiger partial charge in [-0.1, -0.05) is 15.9 Å². The predicted molar refractivity (Wildman–Crippen MR) is 64.4 cm³/mol. The molecule has 2 rings (SSSR count). The summed E-state index contributed by atoms with van der Waals surface area (Å²) in [5.74, 6) is 0. The van der Waals surface area contributed by atoms with Crippen LogP contribution in [-0.4, -0.2) is 59.6 Å². The smallest absolute Gasteiger partial charge is 0.300 e. The van der Waals surface area contributed by atoms with E-state index in [0.717, 1.165) is 39.0 Å². The van der Waals surface area contributed by atoms with Gasteiger partial charge in [-0.3, -0.25) is 4.90 Å². The molecule has 17 heavy (non-hydrogen) atoms. The Morgan fingerprint density at radius 3 is 2.59 bits per heavy atom. The second-order valence-electron chi connectivity index (χ2n) is 4.95. The topological polar surface area (TPSA) is 6.48 Å². The van der Waals surface area contributed by atoms with Crippen LogP contribution in [0.3, 0.4) is 0 Å². The standard InChI is InChI=1S/C11H18BrF3N2/c12-10(11(13,14)15)8-16-4-2-6-17-5-1-3-9(17)7-16/h9-10H,1-8H2. The summed E-state index contributed by atoms with van der Waals surface area (Å²) < 4.78 is 37.5. The van der Waals surface area contributed by atoms with Crippen molar-refractivity contribution in [3.05, 3.63) is 0 Å². The fourth-order valence-corrected chi connectivity index (χ4v) is 3.19. The SMILES string of the molecule is FC(F)(F)C(Br)CN1CCCN2CCCC2C1. The second kappa shape index (κ2) is 5.45. The molecular weight excluding hydrogens is 297 g/mol. The van der Waals surface area contributed by atoms with Gasteiger partial charge in [-0.2, -0.15) is 13.2 Å². The molecule has 2 atom stereocenters. The summed E-state index contributed by atoms with van der Waals surface area (Å²) in [6.07, 6.45) is -0.833. The minimum absolute atomic E-state index is 0.0772. The normalized spacial score (nSPS) is 30.0. The largest absolute Gasteiger partial charge is 0.402 e. The highest BCUT2D eigenvalue weighted by molar-refractivity contribution is 9.09. The number of halogens is 4. The van der Waals surface area contributed by atoms with Crippen molar-refractivity contribution >= 4 is 15.9 Å². The predicted octanol–water partition coefficient (Wildman–Crippen LogP) is 2.48. The summed E-state index contributed by atoms with van der Waals surface area (Å²) in [5.41, 5.74) is 0. The molecule has 2 fully saturated rings. The molecule has 6 heteroatoms. The zero-order chi connectivity index (χ0) is 12.5. The maximum absolute atomic E-state index is 12.5. The maximum atomic E-state index is 12.5. The number of nitrogens with zero attached hydrogens (tertiary/aromatic N) is 2. The van der Waals surface area contributed by atoms with Gasteiger partial charge in [0.15, 0.2) is 0 Å². The Balaban J connectivity index is 1.88. The van der Waals surface area contributed by atoms with Gasteiger partial charge in [0.1, 0.15) is 4.83 Å². The van der Waals surface area contributed by atoms with Crippen molar-refractivity contribution in [2.45, 2.75) is 36.3 Å². The van der Waals surface area contributed by atoms with Crippen LogP contribution in [0.25, 0.3) is 0 Å². The molecule has 0 aliphatic carbocycles. The molecule has 0 N–H and O–H groups in total. The summed E-state index contributed by atoms with van der Waals surface area (Å²) >= 11 is 2.75. The van der Waals surface area contributed by atoms with Gasteiger partial charge < -0.3 is 4.90 Å². The fourth-order valence-electron chi connectivity index (χ4n) is 2.78. The molecule has 0 saturated carbocycles. The van der Waals surface area contributed by atoms with E-state index in [1.54, 1.807) is 0 Å². The first-order chi connectivity index (χ1) is 7.97. The molecule has 2 aliphatic rings. The average Bonchev–Trinajstić information content (AvgIpc) is 2.56. The highest BCUT2D eigenvalue weighted by Crippen LogP contribution is 2.28. The zero-order valence-electron chi connectivity index (χ0n) is 9.72. The van der Waals surface area contributed by atoms with Crippen LogP contribution in [0.15, 0.2) is 0 Å². The van der Waals surface area contributed by atoms with E-state index in [9.17, 15) is 13.2 Å². The van der Waals surface area contributed by atoms with E-state index < -0.39 is 11.0 Å². The van der Waals surface area contributed by atoms with Crippen molar-refractivity contribution in [3.63, 3.8) is 0 Å². The number of rotatable bonds is 2. The molecule has 0 aromatic rings. The molecule has 2 heterocycles. The molecule has 0 bridgehead atoms. The summed E-state index contributed by atoms with van der Waals surface area (Å²) in [6.45, 7) is 3.81. The Morgan fingerprint density at radius 2 is 1.88 bits per heavy atom. The quantitative estimate of drug-likeness (QED) is 0.723. The van der Waals surface area contributed by atoms with Gasteiger partial charge in [-0.15, -0.1) is 0 Å². The van der Waals surface area contributed by atoms with Crippen molar-refractivity contribution in [3.8, 4) is 0 Å². The Bertz CT molecular complexity index is 260. The minimum atomic E-state index is -4.14. The molecule has 100 valence electrons. The molecule has 2 nitrogen and oxygen atoms in total. The number of hydrogen-bond donors (Lipinski definition) is 0. The van der Waals surface area contributed by atoms with Crippen molar-refractivity contribution in [1.29, 1.82) is 0 Å². The third-order valence-electron chi connectivity index (χ3n) is 3.66. The highest BCUT2D eigenvalue weighted by atomic mass is 79.9. The third kappa shape index (κ3) is 3.58.